The van der Waals surface area contributed by atoms with Crippen molar-refractivity contribution < 1.29 is 14.6 Å². The van der Waals surface area contributed by atoms with Gasteiger partial charge in [0.15, 0.2) is 6.61 Å². The second-order valence-corrected chi connectivity index (χ2v) is 7.36. The highest BCUT2D eigenvalue weighted by atomic mass is 127. The van der Waals surface area contributed by atoms with Gasteiger partial charge < -0.3 is 9.84 Å². The van der Waals surface area contributed by atoms with Gasteiger partial charge in [-0.25, -0.2) is 4.79 Å². The van der Waals surface area contributed by atoms with Gasteiger partial charge in [-0.2, -0.15) is 5.26 Å². The Balaban J connectivity index is 2.36. The lowest BCUT2D eigenvalue weighted by Crippen LogP contribution is -2.11. The molecule has 122 valence electrons. The molecular formula is C18H13I2NO3. The van der Waals surface area contributed by atoms with Crippen LogP contribution in [0.2, 0.25) is 0 Å². The maximum Gasteiger partial charge on any atom is 0.341 e. The summed E-state index contributed by atoms with van der Waals surface area (Å²) in [6, 6.07) is 13.7. The molecule has 0 radical (unpaired) electrons. The minimum absolute atomic E-state index is 0.381. The number of nitriles is 1. The third-order valence-electron chi connectivity index (χ3n) is 3.15. The third kappa shape index (κ3) is 4.95. The molecule has 2 aromatic carbocycles. The van der Waals surface area contributed by atoms with Crippen LogP contribution in [-0.2, 0) is 4.79 Å². The van der Waals surface area contributed by atoms with Crippen molar-refractivity contribution in [2.45, 2.75) is 6.92 Å². The average molecular weight is 545 g/mol. The van der Waals surface area contributed by atoms with Gasteiger partial charge in [0.05, 0.1) is 18.8 Å². The second-order valence-electron chi connectivity index (χ2n) is 5.03. The van der Waals surface area contributed by atoms with Gasteiger partial charge in [0.1, 0.15) is 5.75 Å². The van der Waals surface area contributed by atoms with Crippen molar-refractivity contribution in [3.05, 3.63) is 60.2 Å². The van der Waals surface area contributed by atoms with E-state index in [-0.39, 0.29) is 6.61 Å². The number of hydrogen-bond acceptors (Lipinski definition) is 3. The molecule has 2 rings (SSSR count). The molecule has 0 aromatic heterocycles. The Morgan fingerprint density at radius 2 is 1.83 bits per heavy atom. The summed E-state index contributed by atoms with van der Waals surface area (Å²) in [5.74, 6) is -0.471. The number of allylic oxidation sites excluding steroid dienone is 1. The molecule has 0 saturated carbocycles. The summed E-state index contributed by atoms with van der Waals surface area (Å²) in [5, 5.41) is 18.2. The Bertz CT molecular complexity index is 813. The minimum Gasteiger partial charge on any atom is -0.480 e. The number of rotatable bonds is 5. The van der Waals surface area contributed by atoms with E-state index >= 15 is 0 Å². The zero-order chi connectivity index (χ0) is 17.7. The standard InChI is InChI=1S/C18H13I2NO3/c1-11-2-4-13(5-3-11)14(9-21)6-12-7-15(19)18(16(20)8-12)24-10-17(22)23/h2-8H,10H2,1H3,(H,22,23)/b14-6-. The van der Waals surface area contributed by atoms with Gasteiger partial charge in [-0.1, -0.05) is 29.8 Å². The summed E-state index contributed by atoms with van der Waals surface area (Å²) in [4.78, 5) is 10.7. The van der Waals surface area contributed by atoms with Gasteiger partial charge in [0.2, 0.25) is 0 Å². The Hall–Kier alpha value is -1.60. The topological polar surface area (TPSA) is 70.3 Å². The molecule has 0 amide bonds. The number of halogens is 2. The number of carboxylic acids is 1. The first kappa shape index (κ1) is 18.7. The van der Waals surface area contributed by atoms with E-state index in [2.05, 4.69) is 51.3 Å². The smallest absolute Gasteiger partial charge is 0.341 e. The number of ether oxygens (including phenoxy) is 1. The van der Waals surface area contributed by atoms with E-state index in [1.807, 2.05) is 49.4 Å². The van der Waals surface area contributed by atoms with Crippen molar-refractivity contribution in [3.63, 3.8) is 0 Å². The number of benzene rings is 2. The van der Waals surface area contributed by atoms with E-state index in [0.29, 0.717) is 11.3 Å². The number of carboxylic acid groups (broad SMARTS) is 1. The Morgan fingerprint density at radius 1 is 1.25 bits per heavy atom. The number of aryl methyl sites for hydroxylation is 1. The van der Waals surface area contributed by atoms with Crippen molar-refractivity contribution in [1.82, 2.24) is 0 Å². The number of aliphatic carboxylic acids is 1. The van der Waals surface area contributed by atoms with Crippen molar-refractivity contribution in [2.24, 2.45) is 0 Å². The lowest BCUT2D eigenvalue weighted by atomic mass is 10.0. The SMILES string of the molecule is Cc1ccc(/C(C#N)=C\c2cc(I)c(OCC(=O)O)c(I)c2)cc1. The molecule has 4 nitrogen and oxygen atoms in total. The lowest BCUT2D eigenvalue weighted by molar-refractivity contribution is -0.139. The highest BCUT2D eigenvalue weighted by molar-refractivity contribution is 14.1. The normalized spacial score (nSPS) is 11.0. The summed E-state index contributed by atoms with van der Waals surface area (Å²) in [5.41, 5.74) is 3.43. The van der Waals surface area contributed by atoms with Gasteiger partial charge in [0, 0.05) is 0 Å². The van der Waals surface area contributed by atoms with E-state index < -0.39 is 5.97 Å². The first-order valence-corrected chi connectivity index (χ1v) is 9.09. The van der Waals surface area contributed by atoms with Crippen LogP contribution in [0.3, 0.4) is 0 Å². The molecule has 0 atom stereocenters. The molecule has 0 heterocycles. The molecular weight excluding hydrogens is 532 g/mol. The second kappa shape index (κ2) is 8.48. The molecule has 0 saturated heterocycles. The van der Waals surface area contributed by atoms with Crippen molar-refractivity contribution in [3.8, 4) is 11.8 Å². The van der Waals surface area contributed by atoms with Crippen LogP contribution in [0.1, 0.15) is 16.7 Å². The van der Waals surface area contributed by atoms with Crippen molar-refractivity contribution >= 4 is 62.8 Å². The Kier molecular flexibility index (Phi) is 6.62. The molecule has 0 bridgehead atoms. The van der Waals surface area contributed by atoms with Crippen molar-refractivity contribution in [1.29, 1.82) is 5.26 Å². The van der Waals surface area contributed by atoms with Crippen LogP contribution in [-0.4, -0.2) is 17.7 Å². The van der Waals surface area contributed by atoms with E-state index in [9.17, 15) is 10.1 Å². The van der Waals surface area contributed by atoms with Crippen LogP contribution >= 0.6 is 45.2 Å². The fourth-order valence-corrected chi connectivity index (χ4v) is 4.14. The van der Waals surface area contributed by atoms with Crippen LogP contribution in [0.4, 0.5) is 0 Å². The molecule has 0 aliphatic carbocycles. The molecule has 2 aromatic rings. The van der Waals surface area contributed by atoms with E-state index in [1.165, 1.54) is 0 Å². The molecule has 24 heavy (non-hydrogen) atoms. The summed E-state index contributed by atoms with van der Waals surface area (Å²) in [6.45, 7) is 1.62. The predicted octanol–water partition coefficient (Wildman–Crippen LogP) is 4.73. The average Bonchev–Trinajstić information content (AvgIpc) is 2.52. The molecule has 0 fully saturated rings. The monoisotopic (exact) mass is 545 g/mol. The molecule has 0 aliphatic rings. The van der Waals surface area contributed by atoms with Gasteiger partial charge >= 0.3 is 5.97 Å². The number of carbonyl (C=O) groups is 1. The zero-order valence-corrected chi connectivity index (χ0v) is 17.0. The third-order valence-corrected chi connectivity index (χ3v) is 4.76. The maximum absolute atomic E-state index is 10.7. The fraction of sp³-hybridized carbons (Fsp3) is 0.111. The fourth-order valence-electron chi connectivity index (χ4n) is 2.01. The first-order valence-electron chi connectivity index (χ1n) is 6.93. The van der Waals surface area contributed by atoms with Gasteiger partial charge in [0.25, 0.3) is 0 Å². The van der Waals surface area contributed by atoms with E-state index in [1.54, 1.807) is 0 Å². The van der Waals surface area contributed by atoms with Crippen LogP contribution in [0.5, 0.6) is 5.75 Å². The maximum atomic E-state index is 10.7. The number of hydrogen-bond donors (Lipinski definition) is 1. The van der Waals surface area contributed by atoms with E-state index in [4.69, 9.17) is 9.84 Å². The van der Waals surface area contributed by atoms with Crippen LogP contribution in [0.25, 0.3) is 11.6 Å². The quantitative estimate of drug-likeness (QED) is 0.335. The summed E-state index contributed by atoms with van der Waals surface area (Å²) >= 11 is 4.20. The predicted molar refractivity (Wildman–Crippen MR) is 110 cm³/mol. The van der Waals surface area contributed by atoms with Crippen LogP contribution < -0.4 is 4.74 Å². The summed E-state index contributed by atoms with van der Waals surface area (Å²) < 4.78 is 6.91. The largest absolute Gasteiger partial charge is 0.480 e. The zero-order valence-electron chi connectivity index (χ0n) is 12.7. The highest BCUT2D eigenvalue weighted by Gasteiger charge is 2.11. The van der Waals surface area contributed by atoms with Gasteiger partial charge in [-0.05, 0) is 81.4 Å². The molecule has 6 heteroatoms. The molecule has 1 N–H and O–H groups in total. The van der Waals surface area contributed by atoms with Crippen LogP contribution in [0.15, 0.2) is 36.4 Å². The molecule has 0 unspecified atom stereocenters. The molecule has 0 spiro atoms. The summed E-state index contributed by atoms with van der Waals surface area (Å²) in [6.07, 6.45) is 1.82. The van der Waals surface area contributed by atoms with Gasteiger partial charge in [-0.15, -0.1) is 0 Å². The van der Waals surface area contributed by atoms with Gasteiger partial charge in [-0.3, -0.25) is 0 Å². The van der Waals surface area contributed by atoms with E-state index in [0.717, 1.165) is 23.8 Å². The number of nitrogens with zero attached hydrogens (tertiary/aromatic N) is 1. The Morgan fingerprint density at radius 3 is 2.33 bits per heavy atom. The van der Waals surface area contributed by atoms with Crippen molar-refractivity contribution in [2.75, 3.05) is 6.61 Å². The summed E-state index contributed by atoms with van der Waals surface area (Å²) in [7, 11) is 0. The molecule has 0 aliphatic heterocycles. The highest BCUT2D eigenvalue weighted by Crippen LogP contribution is 2.30. The van der Waals surface area contributed by atoms with Crippen LogP contribution in [0, 0.1) is 25.4 Å². The Labute approximate surface area is 167 Å². The first-order chi connectivity index (χ1) is 11.4. The lowest BCUT2D eigenvalue weighted by Gasteiger charge is -2.10. The minimum atomic E-state index is -1.02.